The fourth-order valence-corrected chi connectivity index (χ4v) is 3.29. The number of pyridine rings is 1. The van der Waals surface area contributed by atoms with Gasteiger partial charge in [-0.3, -0.25) is 9.54 Å². The molecule has 74 valence electrons. The third-order valence-corrected chi connectivity index (χ3v) is 4.06. The van der Waals surface area contributed by atoms with E-state index in [0.717, 1.165) is 10.4 Å². The van der Waals surface area contributed by atoms with Crippen LogP contribution in [0.25, 0.3) is 10.1 Å². The molecule has 2 aromatic rings. The van der Waals surface area contributed by atoms with Crippen LogP contribution in [0.1, 0.15) is 5.69 Å². The van der Waals surface area contributed by atoms with Gasteiger partial charge in [-0.05, 0) is 13.0 Å². The molecule has 0 aromatic carbocycles. The van der Waals surface area contributed by atoms with Crippen LogP contribution in [0.5, 0.6) is 0 Å². The molecule has 14 heavy (non-hydrogen) atoms. The van der Waals surface area contributed by atoms with Crippen LogP contribution < -0.4 is 0 Å². The zero-order chi connectivity index (χ0) is 10.3. The van der Waals surface area contributed by atoms with Gasteiger partial charge in [0.1, 0.15) is 4.90 Å². The van der Waals surface area contributed by atoms with Crippen molar-refractivity contribution < 1.29 is 13.0 Å². The van der Waals surface area contributed by atoms with E-state index in [0.29, 0.717) is 5.39 Å². The van der Waals surface area contributed by atoms with Gasteiger partial charge in [0.2, 0.25) is 0 Å². The monoisotopic (exact) mass is 229 g/mol. The maximum atomic E-state index is 11.0. The van der Waals surface area contributed by atoms with Gasteiger partial charge >= 0.3 is 0 Å². The number of aromatic nitrogens is 1. The lowest BCUT2D eigenvalue weighted by Crippen LogP contribution is -1.96. The minimum Gasteiger partial charge on any atom is -0.282 e. The first-order chi connectivity index (χ1) is 6.50. The molecule has 0 atom stereocenters. The summed E-state index contributed by atoms with van der Waals surface area (Å²) in [6.45, 7) is 1.80. The molecule has 0 amide bonds. The molecule has 2 aromatic heterocycles. The summed E-state index contributed by atoms with van der Waals surface area (Å²) >= 11 is 1.27. The van der Waals surface area contributed by atoms with Crippen LogP contribution in [0, 0.1) is 6.92 Å². The number of hydrogen-bond acceptors (Lipinski definition) is 4. The van der Waals surface area contributed by atoms with Gasteiger partial charge in [0.15, 0.2) is 0 Å². The lowest BCUT2D eigenvalue weighted by Gasteiger charge is -1.95. The van der Waals surface area contributed by atoms with Crippen LogP contribution in [0.3, 0.4) is 0 Å². The first kappa shape index (κ1) is 9.57. The first-order valence-corrected chi connectivity index (χ1v) is 6.12. The lowest BCUT2D eigenvalue weighted by molar-refractivity contribution is 0.484. The van der Waals surface area contributed by atoms with Crippen molar-refractivity contribution in [2.24, 2.45) is 0 Å². The molecular weight excluding hydrogens is 222 g/mol. The summed E-state index contributed by atoms with van der Waals surface area (Å²) in [5.41, 5.74) is 0.766. The zero-order valence-corrected chi connectivity index (χ0v) is 8.89. The van der Waals surface area contributed by atoms with Crippen molar-refractivity contribution in [3.05, 3.63) is 23.3 Å². The van der Waals surface area contributed by atoms with E-state index in [4.69, 9.17) is 4.55 Å². The topological polar surface area (TPSA) is 67.3 Å². The van der Waals surface area contributed by atoms with Gasteiger partial charge in [-0.1, -0.05) is 0 Å². The molecule has 0 aliphatic rings. The van der Waals surface area contributed by atoms with Crippen molar-refractivity contribution in [1.29, 1.82) is 0 Å². The number of thiophene rings is 1. The maximum absolute atomic E-state index is 11.0. The van der Waals surface area contributed by atoms with Gasteiger partial charge in [0.25, 0.3) is 10.1 Å². The molecule has 0 bridgehead atoms. The Bertz CT molecular complexity index is 586. The molecule has 0 unspecified atom stereocenters. The molecule has 0 saturated heterocycles. The lowest BCUT2D eigenvalue weighted by atomic mass is 10.3. The van der Waals surface area contributed by atoms with E-state index in [2.05, 4.69) is 4.98 Å². The van der Waals surface area contributed by atoms with Gasteiger partial charge in [-0.25, -0.2) is 0 Å². The number of hydrogen-bond donors (Lipinski definition) is 1. The highest BCUT2D eigenvalue weighted by Crippen LogP contribution is 2.30. The summed E-state index contributed by atoms with van der Waals surface area (Å²) < 4.78 is 31.6. The van der Waals surface area contributed by atoms with E-state index in [9.17, 15) is 8.42 Å². The molecule has 2 rings (SSSR count). The summed E-state index contributed by atoms with van der Waals surface area (Å²) in [6.07, 6.45) is 1.53. The van der Waals surface area contributed by atoms with E-state index in [1.165, 1.54) is 22.9 Å². The summed E-state index contributed by atoms with van der Waals surface area (Å²) in [7, 11) is -4.12. The summed E-state index contributed by atoms with van der Waals surface area (Å²) in [6, 6.07) is 1.59. The van der Waals surface area contributed by atoms with Crippen molar-refractivity contribution >= 4 is 31.5 Å². The van der Waals surface area contributed by atoms with E-state index in [1.807, 2.05) is 0 Å². The minimum atomic E-state index is -4.12. The first-order valence-electron chi connectivity index (χ1n) is 3.80. The molecule has 6 heteroatoms. The molecular formula is C8H7NO3S2. The van der Waals surface area contributed by atoms with E-state index in [-0.39, 0.29) is 4.90 Å². The van der Waals surface area contributed by atoms with Crippen LogP contribution in [0.2, 0.25) is 0 Å². The highest BCUT2D eigenvalue weighted by molar-refractivity contribution is 7.86. The second kappa shape index (κ2) is 3.01. The van der Waals surface area contributed by atoms with Crippen LogP contribution in [-0.2, 0) is 10.1 Å². The largest absolute Gasteiger partial charge is 0.295 e. The second-order valence-corrected chi connectivity index (χ2v) is 5.12. The second-order valence-electron chi connectivity index (χ2n) is 2.85. The number of nitrogens with zero attached hydrogens (tertiary/aromatic N) is 1. The highest BCUT2D eigenvalue weighted by Gasteiger charge is 2.16. The maximum Gasteiger partial charge on any atom is 0.295 e. The van der Waals surface area contributed by atoms with Crippen molar-refractivity contribution in [3.8, 4) is 0 Å². The molecule has 0 spiro atoms. The van der Waals surface area contributed by atoms with E-state index in [1.54, 1.807) is 13.0 Å². The summed E-state index contributed by atoms with van der Waals surface area (Å²) in [5, 5.41) is 1.96. The highest BCUT2D eigenvalue weighted by atomic mass is 32.2. The Balaban J connectivity index is 2.90. The Morgan fingerprint density at radius 2 is 2.21 bits per heavy atom. The molecule has 0 aliphatic carbocycles. The fraction of sp³-hybridized carbons (Fsp3) is 0.125. The number of fused-ring (bicyclic) bond motifs is 1. The van der Waals surface area contributed by atoms with Crippen LogP contribution >= 0.6 is 11.3 Å². The Morgan fingerprint density at radius 1 is 1.50 bits per heavy atom. The molecule has 1 N–H and O–H groups in total. The number of rotatable bonds is 1. The van der Waals surface area contributed by atoms with Crippen molar-refractivity contribution in [3.63, 3.8) is 0 Å². The predicted molar refractivity (Wildman–Crippen MR) is 54.2 cm³/mol. The quantitative estimate of drug-likeness (QED) is 0.758. The Kier molecular flexibility index (Phi) is 2.06. The molecule has 0 saturated carbocycles. The molecule has 0 radical (unpaired) electrons. The van der Waals surface area contributed by atoms with Gasteiger partial charge in [-0.15, -0.1) is 11.3 Å². The smallest absolute Gasteiger partial charge is 0.282 e. The van der Waals surface area contributed by atoms with E-state index < -0.39 is 10.1 Å². The molecule has 2 heterocycles. The Morgan fingerprint density at radius 3 is 2.86 bits per heavy atom. The third-order valence-electron chi connectivity index (χ3n) is 1.91. The third kappa shape index (κ3) is 1.41. The van der Waals surface area contributed by atoms with Gasteiger partial charge in [0.05, 0.1) is 10.4 Å². The summed E-state index contributed by atoms with van der Waals surface area (Å²) in [4.78, 5) is 4.00. The van der Waals surface area contributed by atoms with Gasteiger partial charge in [0, 0.05) is 17.0 Å². The van der Waals surface area contributed by atoms with Gasteiger partial charge < -0.3 is 0 Å². The summed E-state index contributed by atoms with van der Waals surface area (Å²) in [5.74, 6) is 0. The predicted octanol–water partition coefficient (Wildman–Crippen LogP) is 1.85. The normalized spacial score (nSPS) is 12.1. The van der Waals surface area contributed by atoms with E-state index >= 15 is 0 Å². The fourth-order valence-electron chi connectivity index (χ4n) is 1.27. The van der Waals surface area contributed by atoms with Crippen LogP contribution in [0.4, 0.5) is 0 Å². The van der Waals surface area contributed by atoms with Gasteiger partial charge in [-0.2, -0.15) is 8.42 Å². The zero-order valence-electron chi connectivity index (χ0n) is 7.26. The SMILES string of the molecule is Cc1nccc2c(S(=O)(=O)O)csc12. The Hall–Kier alpha value is -0.980. The molecule has 4 nitrogen and oxygen atoms in total. The standard InChI is InChI=1S/C8H7NO3S2/c1-5-8-6(2-3-9-5)7(4-13-8)14(10,11)12/h2-4H,1H3,(H,10,11,12). The minimum absolute atomic E-state index is 0.0389. The average Bonchev–Trinajstić information content (AvgIpc) is 2.47. The van der Waals surface area contributed by atoms with Crippen LogP contribution in [0.15, 0.2) is 22.5 Å². The van der Waals surface area contributed by atoms with Crippen LogP contribution in [-0.4, -0.2) is 18.0 Å². The number of aryl methyl sites for hydroxylation is 1. The van der Waals surface area contributed by atoms with Crippen molar-refractivity contribution in [1.82, 2.24) is 4.98 Å². The van der Waals surface area contributed by atoms with Crippen molar-refractivity contribution in [2.45, 2.75) is 11.8 Å². The Labute approximate surface area is 85.0 Å². The van der Waals surface area contributed by atoms with Crippen molar-refractivity contribution in [2.75, 3.05) is 0 Å². The molecule has 0 aliphatic heterocycles. The average molecular weight is 229 g/mol. The molecule has 0 fully saturated rings.